The summed E-state index contributed by atoms with van der Waals surface area (Å²) in [7, 11) is 3.15. The number of rotatable bonds is 17. The molecule has 3 saturated carbocycles. The third-order valence-electron chi connectivity index (χ3n) is 11.4. The summed E-state index contributed by atoms with van der Waals surface area (Å²) < 4.78 is 12.0. The first-order chi connectivity index (χ1) is 26.8. The largest absolute Gasteiger partial charge is 0.444 e. The minimum absolute atomic E-state index is 0.0734. The molecule has 5 amide bonds. The standard InChI is InChI=1S/C41H62N6O9S/c1-40(2,3)56-39(54)46-33(24-12-9-8-10-13-24)35(50)25-19-28-26(20-41(4,5)55-28)32(25)37(52)44-30(18-23-15-16-23)42-21-27(48)36(51)43-22-31(49)45-34(38(53)47(6)7)29-14-11-17-57-29/h11,14,17,23-26,28,30,32-34,42H,8-10,12-13,15-16,18-22H2,1-7H3,(H,43,51)(H,44,52)(H,45,49)(H,46,54)/t25?,26-,28-,30?,32-,33?,34-/m0/s1. The smallest absolute Gasteiger partial charge is 0.408 e. The van der Waals surface area contributed by atoms with Gasteiger partial charge in [-0.3, -0.25) is 34.1 Å². The fourth-order valence-corrected chi connectivity index (χ4v) is 9.40. The molecule has 16 heteroatoms. The van der Waals surface area contributed by atoms with Crippen LogP contribution in [-0.2, 0) is 38.2 Å². The van der Waals surface area contributed by atoms with Crippen LogP contribution in [0.1, 0.15) is 110 Å². The molecule has 0 spiro atoms. The summed E-state index contributed by atoms with van der Waals surface area (Å²) in [5.74, 6) is -4.71. The highest BCUT2D eigenvalue weighted by Gasteiger charge is 2.58. The van der Waals surface area contributed by atoms with Crippen molar-refractivity contribution in [2.45, 2.75) is 134 Å². The van der Waals surface area contributed by atoms with Gasteiger partial charge in [-0.1, -0.05) is 38.2 Å². The summed E-state index contributed by atoms with van der Waals surface area (Å²) in [6.45, 7) is 8.36. The van der Waals surface area contributed by atoms with Crippen molar-refractivity contribution >= 4 is 52.6 Å². The molecule has 57 heavy (non-hydrogen) atoms. The average Bonchev–Trinajstić information content (AvgIpc) is 3.50. The maximum atomic E-state index is 14.7. The van der Waals surface area contributed by atoms with Crippen LogP contribution in [0.15, 0.2) is 17.5 Å². The van der Waals surface area contributed by atoms with Crippen molar-refractivity contribution in [1.29, 1.82) is 0 Å². The number of Topliss-reactive ketones (excluding diaryl/α,β-unsaturated/α-hetero) is 2. The van der Waals surface area contributed by atoms with Gasteiger partial charge in [-0.2, -0.15) is 0 Å². The molecule has 2 heterocycles. The highest BCUT2D eigenvalue weighted by Crippen LogP contribution is 2.51. The maximum Gasteiger partial charge on any atom is 0.408 e. The summed E-state index contributed by atoms with van der Waals surface area (Å²) in [6.07, 6.45) is 6.32. The molecule has 5 rings (SSSR count). The Morgan fingerprint density at radius 1 is 0.965 bits per heavy atom. The molecule has 1 aromatic heterocycles. The Morgan fingerprint density at radius 3 is 2.28 bits per heavy atom. The van der Waals surface area contributed by atoms with Gasteiger partial charge in [0, 0.05) is 30.8 Å². The average molecular weight is 815 g/mol. The zero-order valence-electron chi connectivity index (χ0n) is 34.4. The molecular weight excluding hydrogens is 753 g/mol. The summed E-state index contributed by atoms with van der Waals surface area (Å²) >= 11 is 1.31. The van der Waals surface area contributed by atoms with E-state index in [4.69, 9.17) is 9.47 Å². The number of fused-ring (bicyclic) bond motifs is 1. The van der Waals surface area contributed by atoms with Crippen molar-refractivity contribution in [3.8, 4) is 0 Å². The highest BCUT2D eigenvalue weighted by atomic mass is 32.1. The number of nitrogens with one attached hydrogen (secondary N) is 5. The number of thiophene rings is 1. The monoisotopic (exact) mass is 814 g/mol. The second-order valence-electron chi connectivity index (χ2n) is 18.1. The maximum absolute atomic E-state index is 14.7. The second-order valence-corrected chi connectivity index (χ2v) is 19.0. The molecule has 3 unspecified atom stereocenters. The summed E-state index contributed by atoms with van der Waals surface area (Å²) in [5, 5.41) is 15.8. The van der Waals surface area contributed by atoms with E-state index in [0.29, 0.717) is 30.1 Å². The van der Waals surface area contributed by atoms with Crippen molar-refractivity contribution in [2.75, 3.05) is 27.2 Å². The molecule has 1 aromatic rings. The minimum atomic E-state index is -0.985. The van der Waals surface area contributed by atoms with Gasteiger partial charge < -0.3 is 35.6 Å². The van der Waals surface area contributed by atoms with Crippen LogP contribution in [0.5, 0.6) is 0 Å². The number of likely N-dealkylation sites (N-methyl/N-ethyl adjacent to an activating group) is 1. The summed E-state index contributed by atoms with van der Waals surface area (Å²) in [4.78, 5) is 95.4. The van der Waals surface area contributed by atoms with Gasteiger partial charge in [0.2, 0.25) is 23.5 Å². The fourth-order valence-electron chi connectivity index (χ4n) is 8.63. The lowest BCUT2D eigenvalue weighted by Gasteiger charge is -2.34. The molecule has 1 aliphatic heterocycles. The molecule has 3 aliphatic carbocycles. The molecule has 5 N–H and O–H groups in total. The first kappa shape index (κ1) is 44.2. The van der Waals surface area contributed by atoms with E-state index in [1.54, 1.807) is 52.4 Å². The van der Waals surface area contributed by atoms with Crippen LogP contribution < -0.4 is 26.6 Å². The Balaban J connectivity index is 1.23. The quantitative estimate of drug-likeness (QED) is 0.115. The number of hydrogen-bond acceptors (Lipinski definition) is 11. The normalized spacial score (nSPS) is 24.6. The second kappa shape index (κ2) is 18.8. The Kier molecular flexibility index (Phi) is 14.6. The Labute approximate surface area is 339 Å². The van der Waals surface area contributed by atoms with Crippen LogP contribution in [0.25, 0.3) is 0 Å². The zero-order valence-corrected chi connectivity index (χ0v) is 35.3. The van der Waals surface area contributed by atoms with Crippen molar-refractivity contribution in [3.05, 3.63) is 22.4 Å². The SMILES string of the molecule is CN(C)C(=O)[C@@H](NC(=O)CNC(=O)C(=O)CNC(CC1CC1)NC(=O)[C@H]1C(C(=O)C(NC(=O)OC(C)(C)C)C2CCCCC2)C[C@@H]2OC(C)(C)C[C@@H]21)c1cccs1. The van der Waals surface area contributed by atoms with Crippen molar-refractivity contribution in [2.24, 2.45) is 29.6 Å². The van der Waals surface area contributed by atoms with Crippen molar-refractivity contribution in [3.63, 3.8) is 0 Å². The summed E-state index contributed by atoms with van der Waals surface area (Å²) in [6, 6.07) is 1.76. The molecule has 7 atom stereocenters. The van der Waals surface area contributed by atoms with E-state index in [9.17, 15) is 33.6 Å². The van der Waals surface area contributed by atoms with Crippen molar-refractivity contribution < 1.29 is 43.0 Å². The minimum Gasteiger partial charge on any atom is -0.444 e. The number of ketones is 2. The van der Waals surface area contributed by atoms with E-state index in [1.807, 2.05) is 13.8 Å². The van der Waals surface area contributed by atoms with E-state index < -0.39 is 78.1 Å². The Bertz CT molecular complexity index is 1630. The number of carbonyl (C=O) groups is 7. The molecule has 316 valence electrons. The lowest BCUT2D eigenvalue weighted by atomic mass is 9.75. The number of amides is 5. The van der Waals surface area contributed by atoms with E-state index in [2.05, 4.69) is 26.6 Å². The molecule has 0 aromatic carbocycles. The molecule has 4 fully saturated rings. The van der Waals surface area contributed by atoms with E-state index in [1.165, 1.54) is 16.2 Å². The predicted octanol–water partition coefficient (Wildman–Crippen LogP) is 3.37. The fraction of sp³-hybridized carbons (Fsp3) is 0.732. The van der Waals surface area contributed by atoms with E-state index in [-0.39, 0.29) is 35.5 Å². The Morgan fingerprint density at radius 2 is 1.67 bits per heavy atom. The van der Waals surface area contributed by atoms with Crippen molar-refractivity contribution in [1.82, 2.24) is 31.5 Å². The van der Waals surface area contributed by atoms with Gasteiger partial charge in [-0.05, 0) is 90.0 Å². The number of carbonyl (C=O) groups excluding carboxylic acids is 7. The third kappa shape index (κ3) is 12.3. The number of alkyl carbamates (subject to hydrolysis) is 1. The van der Waals surface area contributed by atoms with Gasteiger partial charge in [0.05, 0.1) is 42.9 Å². The van der Waals surface area contributed by atoms with Crippen LogP contribution in [0, 0.1) is 29.6 Å². The first-order valence-electron chi connectivity index (χ1n) is 20.4. The predicted molar refractivity (Wildman–Crippen MR) is 213 cm³/mol. The van der Waals surface area contributed by atoms with E-state index >= 15 is 0 Å². The Hall–Kier alpha value is -3.89. The molecule has 15 nitrogen and oxygen atoms in total. The number of ether oxygens (including phenoxy) is 2. The van der Waals surface area contributed by atoms with Gasteiger partial charge in [0.25, 0.3) is 5.91 Å². The zero-order chi connectivity index (χ0) is 41.7. The summed E-state index contributed by atoms with van der Waals surface area (Å²) in [5.41, 5.74) is -1.23. The lowest BCUT2D eigenvalue weighted by molar-refractivity contribution is -0.138. The van der Waals surface area contributed by atoms with Crippen LogP contribution in [0.3, 0.4) is 0 Å². The number of hydrogen-bond donors (Lipinski definition) is 5. The third-order valence-corrected chi connectivity index (χ3v) is 12.3. The van der Waals surface area contributed by atoms with Gasteiger partial charge in [-0.15, -0.1) is 11.3 Å². The lowest BCUT2D eigenvalue weighted by Crippen LogP contribution is -2.54. The molecule has 0 bridgehead atoms. The van der Waals surface area contributed by atoms with Gasteiger partial charge in [0.1, 0.15) is 11.6 Å². The van der Waals surface area contributed by atoms with Crippen LogP contribution in [0.2, 0.25) is 0 Å². The van der Waals surface area contributed by atoms with Gasteiger partial charge in [0.15, 0.2) is 5.78 Å². The van der Waals surface area contributed by atoms with Gasteiger partial charge in [-0.25, -0.2) is 4.79 Å². The number of nitrogens with zero attached hydrogens (tertiary/aromatic N) is 1. The molecular formula is C41H62N6O9S. The molecule has 1 saturated heterocycles. The molecule has 4 aliphatic rings. The van der Waals surface area contributed by atoms with Gasteiger partial charge >= 0.3 is 6.09 Å². The molecule has 0 radical (unpaired) electrons. The van der Waals surface area contributed by atoms with Crippen LogP contribution >= 0.6 is 11.3 Å². The highest BCUT2D eigenvalue weighted by molar-refractivity contribution is 7.10. The van der Waals surface area contributed by atoms with E-state index in [0.717, 1.165) is 44.9 Å². The van der Waals surface area contributed by atoms with Crippen LogP contribution in [0.4, 0.5) is 4.79 Å². The van der Waals surface area contributed by atoms with Crippen LogP contribution in [-0.4, -0.2) is 103 Å². The topological polar surface area (TPSA) is 201 Å². The first-order valence-corrected chi connectivity index (χ1v) is 21.3.